The quantitative estimate of drug-likeness (QED) is 0.590. The Kier molecular flexibility index (Phi) is 9.57. The van der Waals surface area contributed by atoms with E-state index in [0.29, 0.717) is 0 Å². The summed E-state index contributed by atoms with van der Waals surface area (Å²) in [6.45, 7) is 4.51. The molecule has 2 amide bonds. The molecular weight excluding hydrogens is 352 g/mol. The van der Waals surface area contributed by atoms with Crippen LogP contribution in [0.3, 0.4) is 0 Å². The van der Waals surface area contributed by atoms with Crippen molar-refractivity contribution in [3.05, 3.63) is 35.9 Å². The fraction of sp³-hybridized carbons (Fsp3) is 0.474. The van der Waals surface area contributed by atoms with E-state index in [-0.39, 0.29) is 38.0 Å². The van der Waals surface area contributed by atoms with Gasteiger partial charge in [-0.2, -0.15) is 0 Å². The Labute approximate surface area is 158 Å². The van der Waals surface area contributed by atoms with Crippen molar-refractivity contribution in [3.63, 3.8) is 0 Å². The molecule has 0 aliphatic rings. The van der Waals surface area contributed by atoms with Gasteiger partial charge in [0.15, 0.2) is 0 Å². The minimum Gasteiger partial charge on any atom is -0.461 e. The zero-order valence-electron chi connectivity index (χ0n) is 15.8. The summed E-state index contributed by atoms with van der Waals surface area (Å²) in [6, 6.07) is 8.20. The zero-order valence-corrected chi connectivity index (χ0v) is 15.8. The minimum absolute atomic E-state index is 0.0327. The van der Waals surface area contributed by atoms with Crippen LogP contribution in [-0.2, 0) is 35.3 Å². The Morgan fingerprint density at radius 1 is 1.07 bits per heavy atom. The van der Waals surface area contributed by atoms with Crippen LogP contribution in [0.5, 0.6) is 0 Å². The van der Waals surface area contributed by atoms with Crippen molar-refractivity contribution < 1.29 is 28.7 Å². The molecule has 27 heavy (non-hydrogen) atoms. The van der Waals surface area contributed by atoms with Crippen LogP contribution in [-0.4, -0.2) is 42.4 Å². The lowest BCUT2D eigenvalue weighted by Gasteiger charge is -2.19. The van der Waals surface area contributed by atoms with Gasteiger partial charge in [0.25, 0.3) is 0 Å². The Morgan fingerprint density at radius 2 is 1.74 bits per heavy atom. The van der Waals surface area contributed by atoms with Crippen molar-refractivity contribution in [1.82, 2.24) is 10.6 Å². The lowest BCUT2D eigenvalue weighted by atomic mass is 10.1. The number of carbonyl (C=O) groups excluding carboxylic acids is 4. The first-order valence-electron chi connectivity index (χ1n) is 8.71. The molecule has 0 aromatic heterocycles. The second-order valence-corrected chi connectivity index (χ2v) is 6.20. The summed E-state index contributed by atoms with van der Waals surface area (Å²) in [5.74, 6) is -2.04. The van der Waals surface area contributed by atoms with E-state index in [2.05, 4.69) is 10.6 Å². The first-order valence-corrected chi connectivity index (χ1v) is 8.71. The molecule has 1 rings (SSSR count). The molecule has 8 nitrogen and oxygen atoms in total. The van der Waals surface area contributed by atoms with Gasteiger partial charge in [-0.05, 0) is 25.8 Å². The lowest BCUT2D eigenvalue weighted by Crippen LogP contribution is -2.46. The maximum Gasteiger partial charge on any atom is 0.328 e. The fourth-order valence-corrected chi connectivity index (χ4v) is 2.09. The van der Waals surface area contributed by atoms with E-state index in [4.69, 9.17) is 9.47 Å². The molecule has 0 spiro atoms. The predicted octanol–water partition coefficient (Wildman–Crippen LogP) is 1.08. The van der Waals surface area contributed by atoms with Crippen LogP contribution in [0, 0.1) is 0 Å². The van der Waals surface area contributed by atoms with E-state index in [1.54, 1.807) is 13.8 Å². The summed E-state index contributed by atoms with van der Waals surface area (Å²) < 4.78 is 10.3. The maximum atomic E-state index is 12.1. The van der Waals surface area contributed by atoms with Crippen molar-refractivity contribution in [2.45, 2.75) is 52.4 Å². The van der Waals surface area contributed by atoms with Crippen LogP contribution in [0.4, 0.5) is 0 Å². The SMILES string of the molecule is CC(=O)NCC(=O)NC(CCC(=O)OCc1ccccc1)C(=O)OC(C)C. The van der Waals surface area contributed by atoms with Crippen molar-refractivity contribution in [2.75, 3.05) is 6.54 Å². The van der Waals surface area contributed by atoms with Crippen LogP contribution in [0.15, 0.2) is 30.3 Å². The van der Waals surface area contributed by atoms with Crippen LogP contribution in [0.25, 0.3) is 0 Å². The number of nitrogens with one attached hydrogen (secondary N) is 2. The van der Waals surface area contributed by atoms with E-state index >= 15 is 0 Å². The summed E-state index contributed by atoms with van der Waals surface area (Å²) in [5.41, 5.74) is 0.852. The standard InChI is InChI=1S/C19H26N2O6/c1-13(2)27-19(25)16(21-17(23)11-20-14(3)22)9-10-18(24)26-12-15-7-5-4-6-8-15/h4-8,13,16H,9-12H2,1-3H3,(H,20,22)(H,21,23). The number of esters is 2. The molecule has 0 saturated carbocycles. The predicted molar refractivity (Wildman–Crippen MR) is 97.3 cm³/mol. The molecule has 1 atom stereocenters. The summed E-state index contributed by atoms with van der Waals surface area (Å²) in [4.78, 5) is 46.8. The highest BCUT2D eigenvalue weighted by molar-refractivity contribution is 5.88. The third-order valence-electron chi connectivity index (χ3n) is 3.35. The summed E-state index contributed by atoms with van der Waals surface area (Å²) in [6.07, 6.45) is -0.395. The molecule has 0 saturated heterocycles. The number of hydrogen-bond donors (Lipinski definition) is 2. The smallest absolute Gasteiger partial charge is 0.328 e. The largest absolute Gasteiger partial charge is 0.461 e. The Morgan fingerprint density at radius 3 is 2.33 bits per heavy atom. The van der Waals surface area contributed by atoms with Crippen molar-refractivity contribution in [3.8, 4) is 0 Å². The number of ether oxygens (including phenoxy) is 2. The number of rotatable bonds is 10. The number of hydrogen-bond acceptors (Lipinski definition) is 6. The average Bonchev–Trinajstić information content (AvgIpc) is 2.61. The van der Waals surface area contributed by atoms with Gasteiger partial charge in [0.2, 0.25) is 11.8 Å². The molecule has 0 aliphatic heterocycles. The molecule has 1 unspecified atom stereocenters. The number of carbonyl (C=O) groups is 4. The van der Waals surface area contributed by atoms with Gasteiger partial charge in [0.1, 0.15) is 12.6 Å². The van der Waals surface area contributed by atoms with Crippen LogP contribution in [0.1, 0.15) is 39.2 Å². The van der Waals surface area contributed by atoms with E-state index in [9.17, 15) is 19.2 Å². The Hall–Kier alpha value is -2.90. The van der Waals surface area contributed by atoms with Crippen LogP contribution < -0.4 is 10.6 Å². The first-order chi connectivity index (χ1) is 12.8. The van der Waals surface area contributed by atoms with E-state index < -0.39 is 23.9 Å². The normalized spacial score (nSPS) is 11.4. The van der Waals surface area contributed by atoms with Gasteiger partial charge >= 0.3 is 11.9 Å². The third kappa shape index (κ3) is 9.98. The first kappa shape index (κ1) is 22.1. The maximum absolute atomic E-state index is 12.1. The van der Waals surface area contributed by atoms with Crippen LogP contribution in [0.2, 0.25) is 0 Å². The fourth-order valence-electron chi connectivity index (χ4n) is 2.09. The second kappa shape index (κ2) is 11.7. The molecule has 0 bridgehead atoms. The van der Waals surface area contributed by atoms with Crippen molar-refractivity contribution in [1.29, 1.82) is 0 Å². The van der Waals surface area contributed by atoms with Crippen molar-refractivity contribution in [2.24, 2.45) is 0 Å². The molecule has 0 aliphatic carbocycles. The van der Waals surface area contributed by atoms with Crippen LogP contribution >= 0.6 is 0 Å². The van der Waals surface area contributed by atoms with Gasteiger partial charge in [-0.1, -0.05) is 30.3 Å². The highest BCUT2D eigenvalue weighted by atomic mass is 16.5. The summed E-state index contributed by atoms with van der Waals surface area (Å²) in [5, 5.41) is 4.81. The van der Waals surface area contributed by atoms with Gasteiger partial charge in [-0.3, -0.25) is 14.4 Å². The zero-order chi connectivity index (χ0) is 20.2. The topological polar surface area (TPSA) is 111 Å². The van der Waals surface area contributed by atoms with Gasteiger partial charge in [0.05, 0.1) is 12.6 Å². The van der Waals surface area contributed by atoms with Crippen molar-refractivity contribution >= 4 is 23.8 Å². The molecule has 1 aromatic carbocycles. The molecular formula is C19H26N2O6. The molecule has 0 radical (unpaired) electrons. The van der Waals surface area contributed by atoms with E-state index in [1.807, 2.05) is 30.3 Å². The van der Waals surface area contributed by atoms with E-state index in [0.717, 1.165) is 5.56 Å². The molecule has 0 fully saturated rings. The highest BCUT2D eigenvalue weighted by Gasteiger charge is 2.24. The second-order valence-electron chi connectivity index (χ2n) is 6.20. The monoisotopic (exact) mass is 378 g/mol. The lowest BCUT2D eigenvalue weighted by molar-refractivity contribution is -0.152. The minimum atomic E-state index is -1.00. The molecule has 2 N–H and O–H groups in total. The Balaban J connectivity index is 2.53. The van der Waals surface area contributed by atoms with Gasteiger partial charge < -0.3 is 20.1 Å². The van der Waals surface area contributed by atoms with Gasteiger partial charge in [-0.25, -0.2) is 4.79 Å². The summed E-state index contributed by atoms with van der Waals surface area (Å²) in [7, 11) is 0. The number of amides is 2. The van der Waals surface area contributed by atoms with E-state index in [1.165, 1.54) is 6.92 Å². The number of benzene rings is 1. The molecule has 148 valence electrons. The van der Waals surface area contributed by atoms with Gasteiger partial charge in [0, 0.05) is 13.3 Å². The molecule has 8 heteroatoms. The van der Waals surface area contributed by atoms with Gasteiger partial charge in [-0.15, -0.1) is 0 Å². The third-order valence-corrected chi connectivity index (χ3v) is 3.35. The molecule has 1 aromatic rings. The highest BCUT2D eigenvalue weighted by Crippen LogP contribution is 2.06. The summed E-state index contributed by atoms with van der Waals surface area (Å²) >= 11 is 0. The Bertz CT molecular complexity index is 645. The average molecular weight is 378 g/mol. The molecule has 0 heterocycles.